The molecule has 4 heterocycles. The second-order valence-electron chi connectivity index (χ2n) is 8.39. The zero-order valence-electron chi connectivity index (χ0n) is 17.8. The average molecular weight is 431 g/mol. The third kappa shape index (κ3) is 4.08. The van der Waals surface area contributed by atoms with Crippen molar-refractivity contribution in [2.45, 2.75) is 31.4 Å². The molecule has 0 aliphatic carbocycles. The zero-order valence-corrected chi connectivity index (χ0v) is 17.8. The van der Waals surface area contributed by atoms with Crippen molar-refractivity contribution in [2.24, 2.45) is 0 Å². The van der Waals surface area contributed by atoms with E-state index < -0.39 is 5.60 Å². The van der Waals surface area contributed by atoms with Gasteiger partial charge in [-0.1, -0.05) is 30.3 Å². The van der Waals surface area contributed by atoms with E-state index in [2.05, 4.69) is 10.1 Å². The van der Waals surface area contributed by atoms with Gasteiger partial charge in [0.25, 0.3) is 5.91 Å². The summed E-state index contributed by atoms with van der Waals surface area (Å²) < 4.78 is 7.52. The van der Waals surface area contributed by atoms with Crippen LogP contribution in [0.15, 0.2) is 67.1 Å². The molecular formula is C24H25N5O3. The van der Waals surface area contributed by atoms with Gasteiger partial charge in [0.2, 0.25) is 0 Å². The van der Waals surface area contributed by atoms with Gasteiger partial charge >= 0.3 is 6.09 Å². The minimum absolute atomic E-state index is 0.0490. The van der Waals surface area contributed by atoms with Gasteiger partial charge in [-0.05, 0) is 36.6 Å². The summed E-state index contributed by atoms with van der Waals surface area (Å²) in [6, 6.07) is 15.3. The number of amides is 2. The van der Waals surface area contributed by atoms with Crippen LogP contribution in [0, 0.1) is 0 Å². The Hall–Kier alpha value is -3.68. The number of carbonyl (C=O) groups excluding carboxylic acids is 2. The standard InChI is InChI=1S/C24H25N5O3/c30-22(20-8-9-21(25-16-20)29-14-5-12-26-29)27-13-4-10-24(11-15-27)18-28(23(31)32-24)17-19-6-2-1-3-7-19/h1-3,5-9,12,14,16H,4,10-11,13,15,17-18H2. The number of carbonyl (C=O) groups is 2. The maximum atomic E-state index is 13.1. The van der Waals surface area contributed by atoms with E-state index in [9.17, 15) is 9.59 Å². The minimum Gasteiger partial charge on any atom is -0.441 e. The lowest BCUT2D eigenvalue weighted by Crippen LogP contribution is -2.37. The van der Waals surface area contributed by atoms with Crippen LogP contribution < -0.4 is 0 Å². The molecule has 1 atom stereocenters. The second-order valence-corrected chi connectivity index (χ2v) is 8.39. The second kappa shape index (κ2) is 8.45. The Balaban J connectivity index is 1.23. The lowest BCUT2D eigenvalue weighted by Gasteiger charge is -2.25. The van der Waals surface area contributed by atoms with Crippen molar-refractivity contribution in [3.05, 3.63) is 78.2 Å². The molecule has 8 heteroatoms. The summed E-state index contributed by atoms with van der Waals surface area (Å²) in [5.41, 5.74) is 1.10. The van der Waals surface area contributed by atoms with Gasteiger partial charge in [0.05, 0.1) is 12.1 Å². The number of likely N-dealkylation sites (tertiary alicyclic amines) is 1. The van der Waals surface area contributed by atoms with Crippen LogP contribution in [0.3, 0.4) is 0 Å². The zero-order chi connectivity index (χ0) is 22.0. The van der Waals surface area contributed by atoms with Crippen LogP contribution in [-0.2, 0) is 11.3 Å². The predicted molar refractivity (Wildman–Crippen MR) is 117 cm³/mol. The van der Waals surface area contributed by atoms with Crippen LogP contribution in [0.4, 0.5) is 4.79 Å². The molecule has 0 saturated carbocycles. The Morgan fingerprint density at radius 1 is 1.06 bits per heavy atom. The first kappa shape index (κ1) is 20.2. The van der Waals surface area contributed by atoms with Gasteiger partial charge in [-0.2, -0.15) is 5.10 Å². The fourth-order valence-electron chi connectivity index (χ4n) is 4.48. The van der Waals surface area contributed by atoms with Crippen molar-refractivity contribution in [2.75, 3.05) is 19.6 Å². The molecule has 32 heavy (non-hydrogen) atoms. The maximum absolute atomic E-state index is 13.1. The van der Waals surface area contributed by atoms with Crippen molar-refractivity contribution >= 4 is 12.0 Å². The molecule has 2 saturated heterocycles. The summed E-state index contributed by atoms with van der Waals surface area (Å²) >= 11 is 0. The Bertz CT molecular complexity index is 1080. The number of hydrogen-bond acceptors (Lipinski definition) is 5. The van der Waals surface area contributed by atoms with Crippen molar-refractivity contribution in [3.8, 4) is 5.82 Å². The van der Waals surface area contributed by atoms with Gasteiger partial charge < -0.3 is 9.64 Å². The van der Waals surface area contributed by atoms with E-state index >= 15 is 0 Å². The van der Waals surface area contributed by atoms with Crippen molar-refractivity contribution in [1.82, 2.24) is 24.6 Å². The van der Waals surface area contributed by atoms with Crippen LogP contribution in [0.2, 0.25) is 0 Å². The molecule has 5 rings (SSSR count). The summed E-state index contributed by atoms with van der Waals surface area (Å²) in [4.78, 5) is 33.6. The molecular weight excluding hydrogens is 406 g/mol. The Kier molecular flexibility index (Phi) is 5.34. The van der Waals surface area contributed by atoms with Gasteiger partial charge in [0, 0.05) is 44.6 Å². The lowest BCUT2D eigenvalue weighted by molar-refractivity contribution is 0.0438. The molecule has 1 aromatic carbocycles. The van der Waals surface area contributed by atoms with Crippen molar-refractivity contribution in [1.29, 1.82) is 0 Å². The number of aromatic nitrogens is 3. The third-order valence-electron chi connectivity index (χ3n) is 6.18. The van der Waals surface area contributed by atoms with Crippen LogP contribution in [-0.4, -0.2) is 61.8 Å². The number of pyridine rings is 1. The number of hydrogen-bond donors (Lipinski definition) is 0. The summed E-state index contributed by atoms with van der Waals surface area (Å²) in [5, 5.41) is 4.16. The first-order valence-electron chi connectivity index (χ1n) is 10.9. The molecule has 2 aliphatic heterocycles. The normalized spacial score (nSPS) is 20.9. The molecule has 2 aliphatic rings. The van der Waals surface area contributed by atoms with E-state index in [1.807, 2.05) is 47.5 Å². The van der Waals surface area contributed by atoms with Crippen LogP contribution in [0.25, 0.3) is 5.82 Å². The monoisotopic (exact) mass is 431 g/mol. The summed E-state index contributed by atoms with van der Waals surface area (Å²) in [6.07, 6.45) is 6.99. The first-order chi connectivity index (χ1) is 15.6. The molecule has 1 spiro atoms. The summed E-state index contributed by atoms with van der Waals surface area (Å²) in [7, 11) is 0. The van der Waals surface area contributed by atoms with Gasteiger partial charge in [-0.25, -0.2) is 14.5 Å². The molecule has 0 N–H and O–H groups in total. The van der Waals surface area contributed by atoms with Crippen LogP contribution in [0.1, 0.15) is 35.2 Å². The third-order valence-corrected chi connectivity index (χ3v) is 6.18. The van der Waals surface area contributed by atoms with Gasteiger partial charge in [-0.15, -0.1) is 0 Å². The summed E-state index contributed by atoms with van der Waals surface area (Å²) in [5.74, 6) is 0.616. The van der Waals surface area contributed by atoms with Crippen molar-refractivity contribution in [3.63, 3.8) is 0 Å². The van der Waals surface area contributed by atoms with Gasteiger partial charge in [0.1, 0.15) is 5.60 Å². The van der Waals surface area contributed by atoms with Crippen LogP contribution in [0.5, 0.6) is 0 Å². The number of rotatable bonds is 4. The lowest BCUT2D eigenvalue weighted by atomic mass is 9.95. The van der Waals surface area contributed by atoms with E-state index in [1.165, 1.54) is 0 Å². The first-order valence-corrected chi connectivity index (χ1v) is 10.9. The number of nitrogens with zero attached hydrogens (tertiary/aromatic N) is 5. The topological polar surface area (TPSA) is 80.6 Å². The molecule has 2 amide bonds. The quantitative estimate of drug-likeness (QED) is 0.633. The minimum atomic E-state index is -0.525. The SMILES string of the molecule is O=C1OC2(CCCN(C(=O)c3ccc(-n4cccn4)nc3)CC2)CN1Cc1ccccc1. The number of ether oxygens (including phenoxy) is 1. The van der Waals surface area contributed by atoms with Gasteiger partial charge in [0.15, 0.2) is 5.82 Å². The van der Waals surface area contributed by atoms with E-state index in [-0.39, 0.29) is 12.0 Å². The molecule has 2 aromatic heterocycles. The highest BCUT2D eigenvalue weighted by atomic mass is 16.6. The molecule has 164 valence electrons. The highest BCUT2D eigenvalue weighted by Crippen LogP contribution is 2.34. The Morgan fingerprint density at radius 3 is 2.69 bits per heavy atom. The molecule has 1 unspecified atom stereocenters. The van der Waals surface area contributed by atoms with E-state index in [4.69, 9.17) is 4.74 Å². The van der Waals surface area contributed by atoms with Gasteiger partial charge in [-0.3, -0.25) is 9.69 Å². The maximum Gasteiger partial charge on any atom is 0.410 e. The molecule has 2 fully saturated rings. The Morgan fingerprint density at radius 2 is 1.94 bits per heavy atom. The fraction of sp³-hybridized carbons (Fsp3) is 0.333. The number of benzene rings is 1. The fourth-order valence-corrected chi connectivity index (χ4v) is 4.48. The highest BCUT2D eigenvalue weighted by Gasteiger charge is 2.46. The molecule has 0 radical (unpaired) electrons. The average Bonchev–Trinajstić information content (AvgIpc) is 3.40. The molecule has 3 aromatic rings. The van der Waals surface area contributed by atoms with Crippen LogP contribution >= 0.6 is 0 Å². The highest BCUT2D eigenvalue weighted by molar-refractivity contribution is 5.94. The molecule has 0 bridgehead atoms. The largest absolute Gasteiger partial charge is 0.441 e. The van der Waals surface area contributed by atoms with E-state index in [0.29, 0.717) is 44.0 Å². The van der Waals surface area contributed by atoms with E-state index in [0.717, 1.165) is 18.4 Å². The van der Waals surface area contributed by atoms with Crippen molar-refractivity contribution < 1.29 is 14.3 Å². The smallest absolute Gasteiger partial charge is 0.410 e. The molecule has 8 nitrogen and oxygen atoms in total. The summed E-state index contributed by atoms with van der Waals surface area (Å²) in [6.45, 7) is 2.28. The van der Waals surface area contributed by atoms with E-state index in [1.54, 1.807) is 34.1 Å². The Labute approximate surface area is 186 Å². The predicted octanol–water partition coefficient (Wildman–Crippen LogP) is 3.28.